The molecule has 128 valence electrons. The fourth-order valence-corrected chi connectivity index (χ4v) is 2.55. The molecule has 0 aliphatic rings. The average molecular weight is 407 g/mol. The van der Waals surface area contributed by atoms with E-state index in [1.54, 1.807) is 52.8 Å². The molecule has 1 rings (SSSR count). The van der Waals surface area contributed by atoms with E-state index in [0.717, 1.165) is 0 Å². The van der Waals surface area contributed by atoms with Gasteiger partial charge in [-0.05, 0) is 68.2 Å². The Hall–Kier alpha value is -1.27. The summed E-state index contributed by atoms with van der Waals surface area (Å²) in [5.74, 6) is -1.14. The van der Waals surface area contributed by atoms with Crippen LogP contribution >= 0.6 is 27.5 Å². The summed E-state index contributed by atoms with van der Waals surface area (Å²) in [5, 5.41) is 10.1. The Morgan fingerprint density at radius 2 is 1.87 bits per heavy atom. The van der Waals surface area contributed by atoms with Crippen LogP contribution in [0.15, 0.2) is 22.7 Å². The number of benzene rings is 1. The number of ether oxygens (including phenoxy) is 1. The summed E-state index contributed by atoms with van der Waals surface area (Å²) in [7, 11) is 0. The molecule has 0 aromatic heterocycles. The largest absolute Gasteiger partial charge is 0.479 e. The first-order valence-corrected chi connectivity index (χ1v) is 8.30. The Morgan fingerprint density at radius 3 is 2.26 bits per heavy atom. The molecular weight excluding hydrogens is 386 g/mol. The molecule has 0 radical (unpaired) electrons. The summed E-state index contributed by atoms with van der Waals surface area (Å²) in [6.45, 7) is 8.68. The molecule has 1 aromatic carbocycles. The Bertz CT molecular complexity index is 598. The van der Waals surface area contributed by atoms with Gasteiger partial charge in [-0.1, -0.05) is 17.7 Å². The number of nitrogens with zero attached hydrogens (tertiary/aromatic N) is 1. The average Bonchev–Trinajstić information content (AvgIpc) is 2.36. The van der Waals surface area contributed by atoms with Gasteiger partial charge in [-0.25, -0.2) is 9.59 Å². The summed E-state index contributed by atoms with van der Waals surface area (Å²) < 4.78 is 5.92. The molecule has 1 unspecified atom stereocenters. The van der Waals surface area contributed by atoms with E-state index in [9.17, 15) is 14.7 Å². The van der Waals surface area contributed by atoms with Crippen LogP contribution in [0.1, 0.15) is 46.2 Å². The van der Waals surface area contributed by atoms with Crippen molar-refractivity contribution in [3.05, 3.63) is 33.3 Å². The fraction of sp³-hybridized carbons (Fsp3) is 0.500. The third-order valence-corrected chi connectivity index (χ3v) is 4.15. The Kier molecular flexibility index (Phi) is 6.48. The second kappa shape index (κ2) is 7.53. The lowest BCUT2D eigenvalue weighted by Crippen LogP contribution is -2.45. The molecule has 0 heterocycles. The van der Waals surface area contributed by atoms with Gasteiger partial charge >= 0.3 is 12.1 Å². The van der Waals surface area contributed by atoms with Crippen LogP contribution in [-0.2, 0) is 9.53 Å². The standard InChI is InChI=1S/C16H21BrClNO4/c1-9(2)19(15(22)23-16(3,4)5)13(14(20)21)10-6-7-12(18)11(17)8-10/h6-9,13H,1-5H3,(H,20,21). The number of hydrogen-bond donors (Lipinski definition) is 1. The molecule has 0 spiro atoms. The van der Waals surface area contributed by atoms with Crippen molar-refractivity contribution in [2.45, 2.75) is 52.3 Å². The first-order chi connectivity index (χ1) is 10.4. The highest BCUT2D eigenvalue weighted by molar-refractivity contribution is 9.10. The van der Waals surface area contributed by atoms with Crippen LogP contribution in [0.3, 0.4) is 0 Å². The van der Waals surface area contributed by atoms with Crippen molar-refractivity contribution in [2.24, 2.45) is 0 Å². The highest BCUT2D eigenvalue weighted by atomic mass is 79.9. The Balaban J connectivity index is 3.29. The van der Waals surface area contributed by atoms with E-state index in [0.29, 0.717) is 15.1 Å². The predicted octanol–water partition coefficient (Wildman–Crippen LogP) is 4.87. The molecule has 7 heteroatoms. The van der Waals surface area contributed by atoms with Gasteiger partial charge in [0.15, 0.2) is 6.04 Å². The van der Waals surface area contributed by atoms with E-state index in [1.807, 2.05) is 0 Å². The van der Waals surface area contributed by atoms with Gasteiger partial charge in [-0.2, -0.15) is 0 Å². The van der Waals surface area contributed by atoms with Gasteiger partial charge < -0.3 is 9.84 Å². The van der Waals surface area contributed by atoms with E-state index in [4.69, 9.17) is 16.3 Å². The summed E-state index contributed by atoms with van der Waals surface area (Å²) in [4.78, 5) is 25.5. The van der Waals surface area contributed by atoms with Gasteiger partial charge in [0.2, 0.25) is 0 Å². The van der Waals surface area contributed by atoms with Crippen LogP contribution in [0.4, 0.5) is 4.79 Å². The summed E-state index contributed by atoms with van der Waals surface area (Å²) in [5.41, 5.74) is -0.276. The molecule has 0 bridgehead atoms. The molecule has 1 amide bonds. The lowest BCUT2D eigenvalue weighted by atomic mass is 10.0. The lowest BCUT2D eigenvalue weighted by molar-refractivity contribution is -0.144. The van der Waals surface area contributed by atoms with E-state index in [-0.39, 0.29) is 6.04 Å². The van der Waals surface area contributed by atoms with Crippen LogP contribution in [-0.4, -0.2) is 33.7 Å². The minimum atomic E-state index is -1.17. The quantitative estimate of drug-likeness (QED) is 0.774. The predicted molar refractivity (Wildman–Crippen MR) is 92.7 cm³/mol. The van der Waals surface area contributed by atoms with Gasteiger partial charge in [0.1, 0.15) is 5.60 Å². The number of carboxylic acids is 1. The molecule has 0 saturated heterocycles. The van der Waals surface area contributed by atoms with Gasteiger partial charge in [0.05, 0.1) is 5.02 Å². The van der Waals surface area contributed by atoms with E-state index in [1.165, 1.54) is 4.90 Å². The number of amides is 1. The number of rotatable bonds is 4. The van der Waals surface area contributed by atoms with E-state index >= 15 is 0 Å². The Labute approximate surface area is 149 Å². The highest BCUT2D eigenvalue weighted by Crippen LogP contribution is 2.31. The monoisotopic (exact) mass is 405 g/mol. The number of carbonyl (C=O) groups excluding carboxylic acids is 1. The maximum Gasteiger partial charge on any atom is 0.411 e. The maximum absolute atomic E-state index is 12.5. The van der Waals surface area contributed by atoms with Gasteiger partial charge in [-0.15, -0.1) is 0 Å². The first kappa shape index (κ1) is 19.8. The molecule has 0 aliphatic carbocycles. The van der Waals surface area contributed by atoms with E-state index < -0.39 is 23.7 Å². The summed E-state index contributed by atoms with van der Waals surface area (Å²) in [6.07, 6.45) is -0.675. The first-order valence-electron chi connectivity index (χ1n) is 7.13. The molecule has 5 nitrogen and oxygen atoms in total. The third kappa shape index (κ3) is 5.39. The van der Waals surface area contributed by atoms with Crippen LogP contribution in [0.5, 0.6) is 0 Å². The van der Waals surface area contributed by atoms with Crippen molar-refractivity contribution in [1.82, 2.24) is 4.90 Å². The van der Waals surface area contributed by atoms with Crippen molar-refractivity contribution < 1.29 is 19.4 Å². The summed E-state index contributed by atoms with van der Waals surface area (Å²) >= 11 is 9.23. The lowest BCUT2D eigenvalue weighted by Gasteiger charge is -2.34. The van der Waals surface area contributed by atoms with Crippen molar-refractivity contribution in [3.8, 4) is 0 Å². The van der Waals surface area contributed by atoms with Crippen LogP contribution in [0.25, 0.3) is 0 Å². The zero-order chi connectivity index (χ0) is 17.9. The topological polar surface area (TPSA) is 66.8 Å². The fourth-order valence-electron chi connectivity index (χ4n) is 2.03. The zero-order valence-corrected chi connectivity index (χ0v) is 16.1. The van der Waals surface area contributed by atoms with Crippen molar-refractivity contribution >= 4 is 39.6 Å². The number of carbonyl (C=O) groups is 2. The van der Waals surface area contributed by atoms with Crippen molar-refractivity contribution in [1.29, 1.82) is 0 Å². The molecule has 1 aromatic rings. The van der Waals surface area contributed by atoms with E-state index in [2.05, 4.69) is 15.9 Å². The Morgan fingerprint density at radius 1 is 1.30 bits per heavy atom. The summed E-state index contributed by atoms with van der Waals surface area (Å²) in [6, 6.07) is 3.25. The zero-order valence-electron chi connectivity index (χ0n) is 13.8. The van der Waals surface area contributed by atoms with Crippen LogP contribution in [0.2, 0.25) is 5.02 Å². The molecule has 1 atom stereocenters. The highest BCUT2D eigenvalue weighted by Gasteiger charge is 2.36. The maximum atomic E-state index is 12.5. The molecule has 0 fully saturated rings. The normalized spacial score (nSPS) is 12.9. The second-order valence-electron chi connectivity index (χ2n) is 6.40. The number of hydrogen-bond acceptors (Lipinski definition) is 3. The van der Waals surface area contributed by atoms with Crippen molar-refractivity contribution in [3.63, 3.8) is 0 Å². The minimum absolute atomic E-state index is 0.361. The molecule has 1 N–H and O–H groups in total. The third-order valence-electron chi connectivity index (χ3n) is 2.93. The SMILES string of the molecule is CC(C)N(C(=O)OC(C)(C)C)C(C(=O)O)c1ccc(Cl)c(Br)c1. The smallest absolute Gasteiger partial charge is 0.411 e. The molecule has 0 aliphatic heterocycles. The number of halogens is 2. The van der Waals surface area contributed by atoms with Gasteiger partial charge in [-0.3, -0.25) is 4.90 Å². The second-order valence-corrected chi connectivity index (χ2v) is 7.66. The molecule has 23 heavy (non-hydrogen) atoms. The molecule has 0 saturated carbocycles. The van der Waals surface area contributed by atoms with Crippen molar-refractivity contribution in [2.75, 3.05) is 0 Å². The van der Waals surface area contributed by atoms with Crippen LogP contribution in [0, 0.1) is 0 Å². The van der Waals surface area contributed by atoms with Gasteiger partial charge in [0, 0.05) is 10.5 Å². The molecular formula is C16H21BrClNO4. The number of aliphatic carboxylic acids is 1. The van der Waals surface area contributed by atoms with Crippen LogP contribution < -0.4 is 0 Å². The minimum Gasteiger partial charge on any atom is -0.479 e. The van der Waals surface area contributed by atoms with Gasteiger partial charge in [0.25, 0.3) is 0 Å². The number of carboxylic acid groups (broad SMARTS) is 1.